The molecule has 0 aromatic carbocycles. The minimum atomic E-state index is -5.47. The Morgan fingerprint density at radius 2 is 1.42 bits per heavy atom. The summed E-state index contributed by atoms with van der Waals surface area (Å²) in [4.78, 5) is 7.38. The second-order valence-corrected chi connectivity index (χ2v) is 6.93. The molecule has 0 aliphatic carbocycles. The van der Waals surface area contributed by atoms with Crippen molar-refractivity contribution < 1.29 is 31.4 Å². The first-order valence-corrected chi connectivity index (χ1v) is 6.98. The van der Waals surface area contributed by atoms with Crippen molar-refractivity contribution in [2.24, 2.45) is 0 Å². The van der Waals surface area contributed by atoms with Gasteiger partial charge in [0, 0.05) is 6.20 Å². The van der Waals surface area contributed by atoms with Gasteiger partial charge in [-0.25, -0.2) is 9.37 Å². The third-order valence-corrected chi connectivity index (χ3v) is 2.21. The predicted octanol–water partition coefficient (Wildman–Crippen LogP) is 5.00. The molecule has 0 amide bonds. The van der Waals surface area contributed by atoms with Crippen LogP contribution >= 0.6 is 0 Å². The van der Waals surface area contributed by atoms with Crippen molar-refractivity contribution in [3.8, 4) is 11.9 Å². The molecular formula is C15H19F5N2O2. The van der Waals surface area contributed by atoms with Gasteiger partial charge in [0.15, 0.2) is 5.83 Å². The summed E-state index contributed by atoms with van der Waals surface area (Å²) >= 11 is 0. The van der Waals surface area contributed by atoms with Gasteiger partial charge in [0.25, 0.3) is 0 Å². The summed E-state index contributed by atoms with van der Waals surface area (Å²) in [5.41, 5.74) is -2.47. The SMILES string of the molecule is CC(C)(C)Oc1ncc(/C(F)=C(\F)C(F)(F)F)c(OC(C)(C)C)n1. The second kappa shape index (κ2) is 6.52. The average Bonchev–Trinajstić information content (AvgIpc) is 2.32. The molecule has 0 atom stereocenters. The monoisotopic (exact) mass is 354 g/mol. The highest BCUT2D eigenvalue weighted by molar-refractivity contribution is 5.65. The first kappa shape index (κ1) is 20.1. The number of aromatic nitrogens is 2. The highest BCUT2D eigenvalue weighted by atomic mass is 19.4. The third-order valence-electron chi connectivity index (χ3n) is 2.21. The molecule has 1 aromatic heterocycles. The Hall–Kier alpha value is -1.93. The molecule has 0 spiro atoms. The number of alkyl halides is 3. The van der Waals surface area contributed by atoms with Crippen LogP contribution in [0.15, 0.2) is 12.0 Å². The molecule has 1 heterocycles. The number of ether oxygens (including phenoxy) is 2. The zero-order valence-corrected chi connectivity index (χ0v) is 14.2. The highest BCUT2D eigenvalue weighted by Gasteiger charge is 2.39. The fourth-order valence-corrected chi connectivity index (χ4v) is 1.44. The lowest BCUT2D eigenvalue weighted by Gasteiger charge is -2.24. The molecule has 1 aromatic rings. The highest BCUT2D eigenvalue weighted by Crippen LogP contribution is 2.37. The van der Waals surface area contributed by atoms with E-state index in [0.717, 1.165) is 0 Å². The van der Waals surface area contributed by atoms with Crippen LogP contribution in [0.1, 0.15) is 47.1 Å². The average molecular weight is 354 g/mol. The minimum Gasteiger partial charge on any atom is -0.471 e. The third kappa shape index (κ3) is 5.93. The van der Waals surface area contributed by atoms with E-state index in [1.165, 1.54) is 0 Å². The Kier molecular flexibility index (Phi) is 5.47. The van der Waals surface area contributed by atoms with Gasteiger partial charge in [-0.2, -0.15) is 22.5 Å². The van der Waals surface area contributed by atoms with Crippen molar-refractivity contribution >= 4 is 5.83 Å². The van der Waals surface area contributed by atoms with Gasteiger partial charge in [0.05, 0.1) is 5.56 Å². The van der Waals surface area contributed by atoms with Crippen LogP contribution < -0.4 is 9.47 Å². The molecule has 0 aliphatic rings. The summed E-state index contributed by atoms with van der Waals surface area (Å²) in [7, 11) is 0. The topological polar surface area (TPSA) is 44.2 Å². The van der Waals surface area contributed by atoms with Gasteiger partial charge < -0.3 is 9.47 Å². The minimum absolute atomic E-state index is 0.231. The maximum absolute atomic E-state index is 13.9. The first-order valence-electron chi connectivity index (χ1n) is 6.98. The Labute approximate surface area is 136 Å². The maximum atomic E-state index is 13.9. The van der Waals surface area contributed by atoms with Gasteiger partial charge in [0.1, 0.15) is 11.2 Å². The van der Waals surface area contributed by atoms with Gasteiger partial charge in [-0.1, -0.05) is 0 Å². The van der Waals surface area contributed by atoms with Crippen molar-refractivity contribution in [1.29, 1.82) is 0 Å². The lowest BCUT2D eigenvalue weighted by atomic mass is 10.2. The molecular weight excluding hydrogens is 335 g/mol. The smallest absolute Gasteiger partial charge is 0.445 e. The summed E-state index contributed by atoms with van der Waals surface area (Å²) in [5, 5.41) is 0. The van der Waals surface area contributed by atoms with Crippen molar-refractivity contribution in [3.63, 3.8) is 0 Å². The normalized spacial score (nSPS) is 14.3. The number of hydrogen-bond acceptors (Lipinski definition) is 4. The van der Waals surface area contributed by atoms with Gasteiger partial charge >= 0.3 is 12.2 Å². The number of halogens is 5. The van der Waals surface area contributed by atoms with Crippen LogP contribution in [0, 0.1) is 0 Å². The van der Waals surface area contributed by atoms with Crippen LogP contribution in [-0.2, 0) is 0 Å². The number of nitrogens with zero attached hydrogens (tertiary/aromatic N) is 2. The standard InChI is InChI=1S/C15H19F5N2O2/c1-13(2,3)23-11-8(9(16)10(17)15(18,19)20)7-21-12(22-11)24-14(4,5)6/h7H,1-6H3/b10-9+. The van der Waals surface area contributed by atoms with E-state index in [0.29, 0.717) is 6.20 Å². The summed E-state index contributed by atoms with van der Waals surface area (Å²) in [6.45, 7) is 9.80. The molecule has 0 unspecified atom stereocenters. The fourth-order valence-electron chi connectivity index (χ4n) is 1.44. The van der Waals surface area contributed by atoms with Crippen LogP contribution in [0.3, 0.4) is 0 Å². The van der Waals surface area contributed by atoms with Crippen molar-refractivity contribution in [1.82, 2.24) is 9.97 Å². The van der Waals surface area contributed by atoms with Gasteiger partial charge in [-0.3, -0.25) is 0 Å². The summed E-state index contributed by atoms with van der Waals surface area (Å²) in [6, 6.07) is -0.231. The van der Waals surface area contributed by atoms with Crippen molar-refractivity contribution in [2.75, 3.05) is 0 Å². The molecule has 136 valence electrons. The van der Waals surface area contributed by atoms with Crippen molar-refractivity contribution in [3.05, 3.63) is 17.6 Å². The molecule has 0 bridgehead atoms. The number of hydrogen-bond donors (Lipinski definition) is 0. The van der Waals surface area contributed by atoms with E-state index in [1.807, 2.05) is 0 Å². The molecule has 1 rings (SSSR count). The number of allylic oxidation sites excluding steroid dienone is 1. The Bertz CT molecular complexity index is 628. The Balaban J connectivity index is 3.44. The lowest BCUT2D eigenvalue weighted by Crippen LogP contribution is -2.26. The van der Waals surface area contributed by atoms with Gasteiger partial charge in [-0.15, -0.1) is 0 Å². The molecule has 0 saturated heterocycles. The number of rotatable bonds is 3. The molecule has 24 heavy (non-hydrogen) atoms. The lowest BCUT2D eigenvalue weighted by molar-refractivity contribution is -0.108. The Morgan fingerprint density at radius 1 is 0.917 bits per heavy atom. The summed E-state index contributed by atoms with van der Waals surface area (Å²) < 4.78 is 75.0. The summed E-state index contributed by atoms with van der Waals surface area (Å²) in [6.07, 6.45) is -4.78. The van der Waals surface area contributed by atoms with Crippen LogP contribution in [0.25, 0.3) is 5.83 Å². The van der Waals surface area contributed by atoms with Crippen molar-refractivity contribution in [2.45, 2.75) is 58.9 Å². The van der Waals surface area contributed by atoms with Gasteiger partial charge in [0.2, 0.25) is 11.7 Å². The van der Waals surface area contributed by atoms with Gasteiger partial charge in [-0.05, 0) is 41.5 Å². The van der Waals surface area contributed by atoms with Crippen LogP contribution in [0.2, 0.25) is 0 Å². The van der Waals surface area contributed by atoms with Crippen LogP contribution in [0.4, 0.5) is 22.0 Å². The van der Waals surface area contributed by atoms with E-state index in [9.17, 15) is 22.0 Å². The van der Waals surface area contributed by atoms with E-state index in [-0.39, 0.29) is 6.01 Å². The van der Waals surface area contributed by atoms with E-state index in [1.54, 1.807) is 41.5 Å². The molecule has 0 fully saturated rings. The zero-order valence-electron chi connectivity index (χ0n) is 14.2. The van der Waals surface area contributed by atoms with E-state index in [4.69, 9.17) is 9.47 Å². The van der Waals surface area contributed by atoms with E-state index in [2.05, 4.69) is 9.97 Å². The van der Waals surface area contributed by atoms with E-state index >= 15 is 0 Å². The first-order chi connectivity index (χ1) is 10.6. The fraction of sp³-hybridized carbons (Fsp3) is 0.600. The molecule has 0 N–H and O–H groups in total. The Morgan fingerprint density at radius 3 is 1.83 bits per heavy atom. The predicted molar refractivity (Wildman–Crippen MR) is 78.0 cm³/mol. The summed E-state index contributed by atoms with van der Waals surface area (Å²) in [5.74, 6) is -5.58. The van der Waals surface area contributed by atoms with E-state index < -0.39 is 40.5 Å². The largest absolute Gasteiger partial charge is 0.471 e. The van der Waals surface area contributed by atoms with Crippen LogP contribution in [0.5, 0.6) is 11.9 Å². The molecule has 0 saturated carbocycles. The quantitative estimate of drug-likeness (QED) is 0.717. The molecule has 4 nitrogen and oxygen atoms in total. The molecule has 9 heteroatoms. The molecule has 0 radical (unpaired) electrons. The van der Waals surface area contributed by atoms with Crippen LogP contribution in [-0.4, -0.2) is 27.3 Å². The second-order valence-electron chi connectivity index (χ2n) is 6.93. The maximum Gasteiger partial charge on any atom is 0.445 e. The zero-order chi connectivity index (χ0) is 18.9. The molecule has 0 aliphatic heterocycles.